The summed E-state index contributed by atoms with van der Waals surface area (Å²) in [5.41, 5.74) is 8.58. The fourth-order valence-electron chi connectivity index (χ4n) is 7.84. The van der Waals surface area contributed by atoms with Crippen LogP contribution in [0, 0.1) is 0 Å². The summed E-state index contributed by atoms with van der Waals surface area (Å²) >= 11 is 0. The zero-order valence-electron chi connectivity index (χ0n) is 30.1. The van der Waals surface area contributed by atoms with Gasteiger partial charge < -0.3 is 0 Å². The van der Waals surface area contributed by atoms with Crippen LogP contribution < -0.4 is 0 Å². The van der Waals surface area contributed by atoms with E-state index in [9.17, 15) is 0 Å². The average Bonchev–Trinajstić information content (AvgIpc) is 3.28. The van der Waals surface area contributed by atoms with Crippen LogP contribution in [0.2, 0.25) is 0 Å². The summed E-state index contributed by atoms with van der Waals surface area (Å²) in [6.07, 6.45) is 0. The van der Waals surface area contributed by atoms with Crippen molar-refractivity contribution in [3.05, 3.63) is 188 Å². The van der Waals surface area contributed by atoms with E-state index in [1.165, 1.54) is 10.8 Å². The van der Waals surface area contributed by atoms with Gasteiger partial charge in [-0.3, -0.25) is 0 Å². The first kappa shape index (κ1) is 31.9. The third-order valence-corrected chi connectivity index (χ3v) is 10.7. The Hall–Kier alpha value is -7.63. The molecule has 0 radical (unpaired) electrons. The molecule has 0 atom stereocenters. The first-order valence-corrected chi connectivity index (χ1v) is 18.7. The molecular formula is C51H31N5. The molecule has 0 unspecified atom stereocenters. The van der Waals surface area contributed by atoms with Gasteiger partial charge in [0.15, 0.2) is 17.5 Å². The molecule has 0 fully saturated rings. The zero-order valence-corrected chi connectivity index (χ0v) is 30.1. The van der Waals surface area contributed by atoms with Crippen LogP contribution in [0.15, 0.2) is 188 Å². The second-order valence-corrected chi connectivity index (χ2v) is 14.1. The van der Waals surface area contributed by atoms with Crippen molar-refractivity contribution in [3.63, 3.8) is 0 Å². The van der Waals surface area contributed by atoms with Crippen molar-refractivity contribution in [1.29, 1.82) is 0 Å². The second-order valence-electron chi connectivity index (χ2n) is 14.1. The zero-order chi connectivity index (χ0) is 37.0. The van der Waals surface area contributed by atoms with Gasteiger partial charge in [0, 0.05) is 44.0 Å². The Morgan fingerprint density at radius 3 is 1.38 bits per heavy atom. The molecule has 0 N–H and O–H groups in total. The molecule has 11 aromatic rings. The van der Waals surface area contributed by atoms with Crippen LogP contribution in [0.3, 0.4) is 0 Å². The van der Waals surface area contributed by atoms with Gasteiger partial charge in [0.1, 0.15) is 0 Å². The number of hydrogen-bond donors (Lipinski definition) is 0. The van der Waals surface area contributed by atoms with Crippen molar-refractivity contribution < 1.29 is 0 Å². The summed E-state index contributed by atoms with van der Waals surface area (Å²) in [4.78, 5) is 25.9. The molecule has 56 heavy (non-hydrogen) atoms. The summed E-state index contributed by atoms with van der Waals surface area (Å²) < 4.78 is 0. The molecule has 3 aromatic heterocycles. The van der Waals surface area contributed by atoms with Crippen molar-refractivity contribution in [3.8, 4) is 56.7 Å². The van der Waals surface area contributed by atoms with Crippen LogP contribution in [0.4, 0.5) is 0 Å². The molecule has 0 amide bonds. The standard InChI is InChI=1S/C51H31N5/c1-3-13-34(14-4-1)44-27-25-42-45(52-44)28-24-41-43-31-40(23-26-46(43)53-48(47(41)42)35-15-5-2-6-16-35)51-55-49(38-21-19-32-11-7-9-17-36(32)29-38)54-50(56-51)39-22-20-33-12-8-10-18-37(33)30-39/h1-31H. The molecule has 0 bridgehead atoms. The van der Waals surface area contributed by atoms with Crippen LogP contribution in [-0.4, -0.2) is 24.9 Å². The van der Waals surface area contributed by atoms with Crippen molar-refractivity contribution in [1.82, 2.24) is 24.9 Å². The lowest BCUT2D eigenvalue weighted by atomic mass is 9.95. The maximum atomic E-state index is 5.35. The molecule has 0 spiro atoms. The van der Waals surface area contributed by atoms with Crippen LogP contribution in [0.1, 0.15) is 0 Å². The number of pyridine rings is 2. The molecule has 260 valence electrons. The maximum Gasteiger partial charge on any atom is 0.164 e. The summed E-state index contributed by atoms with van der Waals surface area (Å²) in [7, 11) is 0. The van der Waals surface area contributed by atoms with Crippen molar-refractivity contribution in [2.45, 2.75) is 0 Å². The number of aromatic nitrogens is 5. The summed E-state index contributed by atoms with van der Waals surface area (Å²) in [6.45, 7) is 0. The lowest BCUT2D eigenvalue weighted by molar-refractivity contribution is 1.08. The van der Waals surface area contributed by atoms with E-state index in [0.717, 1.165) is 82.6 Å². The van der Waals surface area contributed by atoms with Gasteiger partial charge in [0.05, 0.1) is 22.4 Å². The minimum absolute atomic E-state index is 0.600. The highest BCUT2D eigenvalue weighted by atomic mass is 15.0. The summed E-state index contributed by atoms with van der Waals surface area (Å²) in [5, 5.41) is 8.84. The molecule has 3 heterocycles. The molecule has 8 aromatic carbocycles. The van der Waals surface area contributed by atoms with E-state index < -0.39 is 0 Å². The summed E-state index contributed by atoms with van der Waals surface area (Å²) in [6, 6.07) is 65.2. The average molecular weight is 714 g/mol. The quantitative estimate of drug-likeness (QED) is 0.166. The van der Waals surface area contributed by atoms with Crippen LogP contribution >= 0.6 is 0 Å². The van der Waals surface area contributed by atoms with Gasteiger partial charge in [-0.15, -0.1) is 0 Å². The normalized spacial score (nSPS) is 11.6. The number of benzene rings is 8. The lowest BCUT2D eigenvalue weighted by Crippen LogP contribution is -2.00. The molecule has 0 saturated carbocycles. The molecule has 5 heteroatoms. The Kier molecular flexibility index (Phi) is 7.42. The fraction of sp³-hybridized carbons (Fsp3) is 0. The maximum absolute atomic E-state index is 5.35. The van der Waals surface area contributed by atoms with Crippen molar-refractivity contribution in [2.75, 3.05) is 0 Å². The monoisotopic (exact) mass is 713 g/mol. The topological polar surface area (TPSA) is 64.5 Å². The van der Waals surface area contributed by atoms with Gasteiger partial charge in [0.25, 0.3) is 0 Å². The fourth-order valence-corrected chi connectivity index (χ4v) is 7.84. The van der Waals surface area contributed by atoms with Gasteiger partial charge in [-0.25, -0.2) is 24.9 Å². The highest BCUT2D eigenvalue weighted by molar-refractivity contribution is 6.21. The third kappa shape index (κ3) is 5.53. The van der Waals surface area contributed by atoms with E-state index in [1.54, 1.807) is 0 Å². The highest BCUT2D eigenvalue weighted by Gasteiger charge is 2.18. The predicted molar refractivity (Wildman–Crippen MR) is 230 cm³/mol. The minimum atomic E-state index is 0.600. The van der Waals surface area contributed by atoms with Gasteiger partial charge >= 0.3 is 0 Å². The van der Waals surface area contributed by atoms with E-state index in [-0.39, 0.29) is 0 Å². The molecule has 0 saturated heterocycles. The van der Waals surface area contributed by atoms with E-state index >= 15 is 0 Å². The van der Waals surface area contributed by atoms with Gasteiger partial charge in [-0.2, -0.15) is 0 Å². The Bertz CT molecular complexity index is 3210. The lowest BCUT2D eigenvalue weighted by Gasteiger charge is -2.14. The molecule has 0 aliphatic heterocycles. The van der Waals surface area contributed by atoms with Crippen LogP contribution in [0.25, 0.3) is 111 Å². The van der Waals surface area contributed by atoms with Gasteiger partial charge in [0.2, 0.25) is 0 Å². The number of hydrogen-bond acceptors (Lipinski definition) is 5. The summed E-state index contributed by atoms with van der Waals surface area (Å²) in [5.74, 6) is 1.85. The molecule has 5 nitrogen and oxygen atoms in total. The predicted octanol–water partition coefficient (Wildman–Crippen LogP) is 12.8. The molecule has 11 rings (SSSR count). The van der Waals surface area contributed by atoms with Gasteiger partial charge in [-0.05, 0) is 75.5 Å². The first-order chi connectivity index (χ1) is 27.7. The van der Waals surface area contributed by atoms with E-state index in [0.29, 0.717) is 17.5 Å². The van der Waals surface area contributed by atoms with E-state index in [4.69, 9.17) is 24.9 Å². The van der Waals surface area contributed by atoms with E-state index in [2.05, 4.69) is 164 Å². The van der Waals surface area contributed by atoms with Crippen molar-refractivity contribution >= 4 is 54.1 Å². The number of nitrogens with zero attached hydrogens (tertiary/aromatic N) is 5. The first-order valence-electron chi connectivity index (χ1n) is 18.7. The second kappa shape index (κ2) is 13.0. The van der Waals surface area contributed by atoms with Crippen molar-refractivity contribution in [2.24, 2.45) is 0 Å². The third-order valence-electron chi connectivity index (χ3n) is 10.7. The van der Waals surface area contributed by atoms with Crippen LogP contribution in [-0.2, 0) is 0 Å². The largest absolute Gasteiger partial charge is 0.248 e. The SMILES string of the molecule is c1ccc(-c2ccc3c(ccc4c5cc(-c6nc(-c7ccc8ccccc8c7)nc(-c7ccc8ccccc8c7)n6)ccc5nc(-c5ccccc5)c34)n2)cc1. The number of fused-ring (bicyclic) bond motifs is 7. The van der Waals surface area contributed by atoms with E-state index in [1.807, 2.05) is 24.3 Å². The Labute approximate surface area is 322 Å². The molecule has 0 aliphatic carbocycles. The molecular weight excluding hydrogens is 683 g/mol. The Morgan fingerprint density at radius 2 is 0.750 bits per heavy atom. The Balaban J connectivity index is 1.13. The highest BCUT2D eigenvalue weighted by Crippen LogP contribution is 2.39. The van der Waals surface area contributed by atoms with Gasteiger partial charge in [-0.1, -0.05) is 140 Å². The minimum Gasteiger partial charge on any atom is -0.248 e. The smallest absolute Gasteiger partial charge is 0.164 e. The Morgan fingerprint density at radius 1 is 0.268 bits per heavy atom. The molecule has 0 aliphatic rings. The number of rotatable bonds is 5. The van der Waals surface area contributed by atoms with Crippen LogP contribution in [0.5, 0.6) is 0 Å².